The third kappa shape index (κ3) is 3.36. The second kappa shape index (κ2) is 6.04. The molecule has 2 aromatic heterocycles. The van der Waals surface area contributed by atoms with Crippen molar-refractivity contribution in [3.8, 4) is 11.4 Å². The maximum Gasteiger partial charge on any atom is 0.228 e. The zero-order valence-electron chi connectivity index (χ0n) is 11.2. The lowest BCUT2D eigenvalue weighted by atomic mass is 10.2. The molecule has 0 aliphatic heterocycles. The Kier molecular flexibility index (Phi) is 3.77. The van der Waals surface area contributed by atoms with E-state index in [0.717, 1.165) is 5.56 Å². The standard InChI is InChI=1S/C15H14N4O2/c20-14(16-10-12-7-4-8-21-12)9-13-17-15(19-18-13)11-5-2-1-3-6-11/h1-8H,9-10H2,(H,16,20)(H,17,18,19). The van der Waals surface area contributed by atoms with Crippen molar-refractivity contribution >= 4 is 5.91 Å². The van der Waals surface area contributed by atoms with E-state index >= 15 is 0 Å². The highest BCUT2D eigenvalue weighted by Crippen LogP contribution is 2.13. The number of carbonyl (C=O) groups is 1. The fourth-order valence-corrected chi connectivity index (χ4v) is 1.90. The van der Waals surface area contributed by atoms with Crippen LogP contribution in [0.5, 0.6) is 0 Å². The molecule has 21 heavy (non-hydrogen) atoms. The first kappa shape index (κ1) is 13.1. The molecule has 1 aromatic carbocycles. The number of benzene rings is 1. The second-order valence-electron chi connectivity index (χ2n) is 4.50. The maximum absolute atomic E-state index is 11.8. The van der Waals surface area contributed by atoms with Crippen LogP contribution in [-0.4, -0.2) is 21.1 Å². The Morgan fingerprint density at radius 1 is 1.19 bits per heavy atom. The van der Waals surface area contributed by atoms with Crippen LogP contribution in [0.25, 0.3) is 11.4 Å². The number of amides is 1. The number of nitrogens with one attached hydrogen (secondary N) is 2. The van der Waals surface area contributed by atoms with Gasteiger partial charge in [0.15, 0.2) is 5.82 Å². The average Bonchev–Trinajstić information content (AvgIpc) is 3.17. The molecule has 0 fully saturated rings. The fraction of sp³-hybridized carbons (Fsp3) is 0.133. The summed E-state index contributed by atoms with van der Waals surface area (Å²) in [6.45, 7) is 0.367. The first-order valence-electron chi connectivity index (χ1n) is 6.57. The predicted molar refractivity (Wildman–Crippen MR) is 76.1 cm³/mol. The van der Waals surface area contributed by atoms with E-state index in [9.17, 15) is 4.79 Å². The molecule has 0 radical (unpaired) electrons. The number of rotatable bonds is 5. The molecule has 3 rings (SSSR count). The highest BCUT2D eigenvalue weighted by molar-refractivity contribution is 5.77. The van der Waals surface area contributed by atoms with Crippen LogP contribution in [-0.2, 0) is 17.8 Å². The molecule has 3 aromatic rings. The summed E-state index contributed by atoms with van der Waals surface area (Å²) in [6.07, 6.45) is 1.73. The van der Waals surface area contributed by atoms with Crippen LogP contribution in [0.4, 0.5) is 0 Å². The minimum atomic E-state index is -0.137. The molecule has 2 N–H and O–H groups in total. The van der Waals surface area contributed by atoms with E-state index in [-0.39, 0.29) is 12.3 Å². The quantitative estimate of drug-likeness (QED) is 0.749. The molecule has 0 atom stereocenters. The van der Waals surface area contributed by atoms with Crippen molar-refractivity contribution in [1.82, 2.24) is 20.5 Å². The van der Waals surface area contributed by atoms with Crippen molar-refractivity contribution < 1.29 is 9.21 Å². The van der Waals surface area contributed by atoms with Crippen LogP contribution < -0.4 is 5.32 Å². The van der Waals surface area contributed by atoms with E-state index in [1.807, 2.05) is 36.4 Å². The smallest absolute Gasteiger partial charge is 0.228 e. The zero-order valence-corrected chi connectivity index (χ0v) is 11.2. The molecule has 0 spiro atoms. The molecular formula is C15H14N4O2. The van der Waals surface area contributed by atoms with Gasteiger partial charge in [0.1, 0.15) is 11.6 Å². The number of furan rings is 1. The summed E-state index contributed by atoms with van der Waals surface area (Å²) < 4.78 is 5.15. The van der Waals surface area contributed by atoms with Gasteiger partial charge < -0.3 is 9.73 Å². The van der Waals surface area contributed by atoms with Crippen molar-refractivity contribution in [2.75, 3.05) is 0 Å². The minimum Gasteiger partial charge on any atom is -0.467 e. The summed E-state index contributed by atoms with van der Waals surface area (Å²) in [4.78, 5) is 16.1. The first-order valence-corrected chi connectivity index (χ1v) is 6.57. The van der Waals surface area contributed by atoms with Gasteiger partial charge in [0.25, 0.3) is 0 Å². The SMILES string of the molecule is O=C(Cc1nc(-c2ccccc2)n[nH]1)NCc1ccco1. The normalized spacial score (nSPS) is 10.5. The maximum atomic E-state index is 11.8. The van der Waals surface area contributed by atoms with Gasteiger partial charge in [0, 0.05) is 5.56 Å². The fourth-order valence-electron chi connectivity index (χ4n) is 1.90. The Morgan fingerprint density at radius 3 is 2.81 bits per heavy atom. The zero-order chi connectivity index (χ0) is 14.5. The number of aromatic amines is 1. The van der Waals surface area contributed by atoms with Gasteiger partial charge >= 0.3 is 0 Å². The van der Waals surface area contributed by atoms with Gasteiger partial charge in [0.05, 0.1) is 19.2 Å². The van der Waals surface area contributed by atoms with Gasteiger partial charge in [-0.25, -0.2) is 4.98 Å². The molecule has 0 saturated carbocycles. The van der Waals surface area contributed by atoms with Crippen molar-refractivity contribution in [3.63, 3.8) is 0 Å². The van der Waals surface area contributed by atoms with E-state index in [4.69, 9.17) is 4.42 Å². The van der Waals surface area contributed by atoms with Crippen LogP contribution in [0.1, 0.15) is 11.6 Å². The monoisotopic (exact) mass is 282 g/mol. The third-order valence-electron chi connectivity index (χ3n) is 2.93. The van der Waals surface area contributed by atoms with Gasteiger partial charge in [0.2, 0.25) is 5.91 Å². The van der Waals surface area contributed by atoms with Gasteiger partial charge in [-0.3, -0.25) is 9.89 Å². The number of hydrogen-bond acceptors (Lipinski definition) is 4. The Morgan fingerprint density at radius 2 is 2.05 bits per heavy atom. The van der Waals surface area contributed by atoms with E-state index in [1.165, 1.54) is 0 Å². The van der Waals surface area contributed by atoms with Gasteiger partial charge in [-0.15, -0.1) is 0 Å². The third-order valence-corrected chi connectivity index (χ3v) is 2.93. The molecule has 6 heteroatoms. The van der Waals surface area contributed by atoms with Crippen LogP contribution in [0, 0.1) is 0 Å². The number of carbonyl (C=O) groups excluding carboxylic acids is 1. The van der Waals surface area contributed by atoms with Gasteiger partial charge in [-0.2, -0.15) is 5.10 Å². The minimum absolute atomic E-state index is 0.137. The van der Waals surface area contributed by atoms with Crippen molar-refractivity contribution in [2.45, 2.75) is 13.0 Å². The molecule has 106 valence electrons. The Labute approximate surface area is 121 Å². The lowest BCUT2D eigenvalue weighted by molar-refractivity contribution is -0.120. The first-order chi connectivity index (χ1) is 10.3. The molecule has 0 aliphatic carbocycles. The van der Waals surface area contributed by atoms with E-state index in [1.54, 1.807) is 12.3 Å². The van der Waals surface area contributed by atoms with Crippen molar-refractivity contribution in [1.29, 1.82) is 0 Å². The van der Waals surface area contributed by atoms with Crippen molar-refractivity contribution in [2.24, 2.45) is 0 Å². The van der Waals surface area contributed by atoms with Crippen LogP contribution in [0.3, 0.4) is 0 Å². The second-order valence-corrected chi connectivity index (χ2v) is 4.50. The topological polar surface area (TPSA) is 83.8 Å². The van der Waals surface area contributed by atoms with E-state index in [0.29, 0.717) is 24.0 Å². The molecule has 0 bridgehead atoms. The Hall–Kier alpha value is -2.89. The summed E-state index contributed by atoms with van der Waals surface area (Å²) in [6, 6.07) is 13.2. The average molecular weight is 282 g/mol. The molecule has 0 aliphatic rings. The summed E-state index contributed by atoms with van der Waals surface area (Å²) in [5.41, 5.74) is 0.913. The lowest BCUT2D eigenvalue weighted by Gasteiger charge is -2.00. The molecule has 2 heterocycles. The van der Waals surface area contributed by atoms with Crippen LogP contribution >= 0.6 is 0 Å². The molecule has 0 unspecified atom stereocenters. The predicted octanol–water partition coefficient (Wildman–Crippen LogP) is 1.92. The summed E-state index contributed by atoms with van der Waals surface area (Å²) in [7, 11) is 0. The lowest BCUT2D eigenvalue weighted by Crippen LogP contribution is -2.24. The van der Waals surface area contributed by atoms with Gasteiger partial charge in [-0.05, 0) is 12.1 Å². The highest BCUT2D eigenvalue weighted by Gasteiger charge is 2.10. The molecule has 6 nitrogen and oxygen atoms in total. The summed E-state index contributed by atoms with van der Waals surface area (Å²) in [5, 5.41) is 9.66. The molecule has 0 saturated heterocycles. The highest BCUT2D eigenvalue weighted by atomic mass is 16.3. The van der Waals surface area contributed by atoms with Crippen LogP contribution in [0.2, 0.25) is 0 Å². The summed E-state index contributed by atoms with van der Waals surface area (Å²) >= 11 is 0. The number of hydrogen-bond donors (Lipinski definition) is 2. The molecular weight excluding hydrogens is 268 g/mol. The van der Waals surface area contributed by atoms with E-state index < -0.39 is 0 Å². The summed E-state index contributed by atoms with van der Waals surface area (Å²) in [5.74, 6) is 1.70. The Bertz CT molecular complexity index is 704. The van der Waals surface area contributed by atoms with E-state index in [2.05, 4.69) is 20.5 Å². The van der Waals surface area contributed by atoms with Crippen LogP contribution in [0.15, 0.2) is 53.1 Å². The Balaban J connectivity index is 1.58. The number of nitrogens with zero attached hydrogens (tertiary/aromatic N) is 2. The number of H-pyrrole nitrogens is 1. The van der Waals surface area contributed by atoms with Gasteiger partial charge in [-0.1, -0.05) is 30.3 Å². The van der Waals surface area contributed by atoms with Crippen molar-refractivity contribution in [3.05, 3.63) is 60.3 Å². The molecule has 1 amide bonds. The largest absolute Gasteiger partial charge is 0.467 e. The number of aromatic nitrogens is 3.